The molecule has 0 aliphatic rings. The fourth-order valence-corrected chi connectivity index (χ4v) is 1.97. The molecule has 0 aliphatic heterocycles. The third-order valence-corrected chi connectivity index (χ3v) is 3.11. The van der Waals surface area contributed by atoms with Crippen LogP contribution >= 0.6 is 15.9 Å². The number of amides is 1. The van der Waals surface area contributed by atoms with Crippen molar-refractivity contribution in [2.45, 2.75) is 32.8 Å². The molecule has 0 bridgehead atoms. The van der Waals surface area contributed by atoms with Crippen LogP contribution in [-0.4, -0.2) is 31.1 Å². The van der Waals surface area contributed by atoms with Gasteiger partial charge in [-0.1, -0.05) is 22.0 Å². The molecule has 1 amide bonds. The lowest BCUT2D eigenvalue weighted by Gasteiger charge is -2.12. The SMILES string of the molecule is CCNC(=O)[C@@H](C)OC(=O)CCCOc1cccc(Br)c1. The van der Waals surface area contributed by atoms with Gasteiger partial charge in [-0.25, -0.2) is 0 Å². The number of carbonyl (C=O) groups is 2. The Labute approximate surface area is 133 Å². The van der Waals surface area contributed by atoms with Gasteiger partial charge < -0.3 is 14.8 Å². The van der Waals surface area contributed by atoms with Crippen LogP contribution in [0.4, 0.5) is 0 Å². The van der Waals surface area contributed by atoms with Gasteiger partial charge in [-0.3, -0.25) is 9.59 Å². The smallest absolute Gasteiger partial charge is 0.306 e. The number of hydrogen-bond acceptors (Lipinski definition) is 4. The van der Waals surface area contributed by atoms with Gasteiger partial charge in [0.05, 0.1) is 6.61 Å². The highest BCUT2D eigenvalue weighted by atomic mass is 79.9. The van der Waals surface area contributed by atoms with Crippen LogP contribution in [-0.2, 0) is 14.3 Å². The Balaban J connectivity index is 2.20. The highest BCUT2D eigenvalue weighted by Crippen LogP contribution is 2.17. The second-order valence-electron chi connectivity index (χ2n) is 4.44. The Morgan fingerprint density at radius 2 is 2.14 bits per heavy atom. The van der Waals surface area contributed by atoms with E-state index in [2.05, 4.69) is 21.2 Å². The summed E-state index contributed by atoms with van der Waals surface area (Å²) in [5.74, 6) is 0.0660. The Morgan fingerprint density at radius 3 is 2.81 bits per heavy atom. The molecule has 1 N–H and O–H groups in total. The molecule has 0 saturated carbocycles. The van der Waals surface area contributed by atoms with Crippen LogP contribution in [0.5, 0.6) is 5.75 Å². The van der Waals surface area contributed by atoms with Crippen LogP contribution in [0.3, 0.4) is 0 Å². The lowest BCUT2D eigenvalue weighted by molar-refractivity contribution is -0.154. The quantitative estimate of drug-likeness (QED) is 0.573. The third-order valence-electron chi connectivity index (χ3n) is 2.62. The zero-order chi connectivity index (χ0) is 15.7. The molecule has 0 saturated heterocycles. The first-order valence-electron chi connectivity index (χ1n) is 6.88. The number of benzene rings is 1. The number of likely N-dealkylation sites (N-methyl/N-ethyl adjacent to an activating group) is 1. The van der Waals surface area contributed by atoms with E-state index >= 15 is 0 Å². The van der Waals surface area contributed by atoms with Crippen LogP contribution < -0.4 is 10.1 Å². The standard InChI is InChI=1S/C15H20BrNO4/c1-3-17-15(19)11(2)21-14(18)8-5-9-20-13-7-4-6-12(16)10-13/h4,6-7,10-11H,3,5,8-9H2,1-2H3,(H,17,19)/t11-/m1/s1. The first kappa shape index (κ1) is 17.5. The van der Waals surface area contributed by atoms with E-state index in [1.54, 1.807) is 6.92 Å². The summed E-state index contributed by atoms with van der Waals surface area (Å²) >= 11 is 3.36. The summed E-state index contributed by atoms with van der Waals surface area (Å²) in [4.78, 5) is 23.0. The molecule has 1 atom stereocenters. The minimum Gasteiger partial charge on any atom is -0.494 e. The summed E-state index contributed by atoms with van der Waals surface area (Å²) in [6.07, 6.45) is -0.00553. The predicted octanol–water partition coefficient (Wildman–Crippen LogP) is 2.68. The van der Waals surface area contributed by atoms with E-state index in [4.69, 9.17) is 9.47 Å². The largest absolute Gasteiger partial charge is 0.494 e. The molecule has 0 radical (unpaired) electrons. The van der Waals surface area contributed by atoms with Crippen molar-refractivity contribution in [3.63, 3.8) is 0 Å². The van der Waals surface area contributed by atoms with Crippen molar-refractivity contribution >= 4 is 27.8 Å². The number of esters is 1. The van der Waals surface area contributed by atoms with Crippen molar-refractivity contribution in [1.82, 2.24) is 5.32 Å². The van der Waals surface area contributed by atoms with Gasteiger partial charge >= 0.3 is 5.97 Å². The van der Waals surface area contributed by atoms with Crippen molar-refractivity contribution in [3.8, 4) is 5.75 Å². The Kier molecular flexibility index (Phi) is 7.82. The molecule has 1 aromatic carbocycles. The highest BCUT2D eigenvalue weighted by molar-refractivity contribution is 9.10. The number of carbonyl (C=O) groups excluding carboxylic acids is 2. The molecule has 21 heavy (non-hydrogen) atoms. The molecule has 0 heterocycles. The van der Waals surface area contributed by atoms with Gasteiger partial charge in [0.15, 0.2) is 6.10 Å². The Bertz CT molecular complexity index is 478. The zero-order valence-electron chi connectivity index (χ0n) is 12.2. The summed E-state index contributed by atoms with van der Waals surface area (Å²) in [5.41, 5.74) is 0. The van der Waals surface area contributed by atoms with Gasteiger partial charge in [0.2, 0.25) is 0 Å². The number of hydrogen-bond donors (Lipinski definition) is 1. The summed E-state index contributed by atoms with van der Waals surface area (Å²) in [6, 6.07) is 7.49. The van der Waals surface area contributed by atoms with Gasteiger partial charge in [-0.05, 0) is 38.5 Å². The van der Waals surface area contributed by atoms with Crippen LogP contribution in [0.25, 0.3) is 0 Å². The monoisotopic (exact) mass is 357 g/mol. The van der Waals surface area contributed by atoms with E-state index in [0.717, 1.165) is 10.2 Å². The number of halogens is 1. The third kappa shape index (κ3) is 7.13. The van der Waals surface area contributed by atoms with Gasteiger partial charge in [0.25, 0.3) is 5.91 Å². The van der Waals surface area contributed by atoms with Gasteiger partial charge in [0, 0.05) is 17.4 Å². The van der Waals surface area contributed by atoms with Crippen molar-refractivity contribution in [3.05, 3.63) is 28.7 Å². The predicted molar refractivity (Wildman–Crippen MR) is 83.1 cm³/mol. The lowest BCUT2D eigenvalue weighted by atomic mass is 10.3. The minimum atomic E-state index is -0.761. The topological polar surface area (TPSA) is 64.6 Å². The van der Waals surface area contributed by atoms with E-state index in [9.17, 15) is 9.59 Å². The van der Waals surface area contributed by atoms with Crippen LogP contribution in [0, 0.1) is 0 Å². The Morgan fingerprint density at radius 1 is 1.38 bits per heavy atom. The van der Waals surface area contributed by atoms with E-state index in [0.29, 0.717) is 19.6 Å². The number of nitrogens with one attached hydrogen (secondary N) is 1. The molecule has 1 aromatic rings. The van der Waals surface area contributed by atoms with Crippen molar-refractivity contribution in [1.29, 1.82) is 0 Å². The minimum absolute atomic E-state index is 0.220. The van der Waals surface area contributed by atoms with Gasteiger partial charge in [-0.15, -0.1) is 0 Å². The average molecular weight is 358 g/mol. The van der Waals surface area contributed by atoms with E-state index in [1.165, 1.54) is 0 Å². The van der Waals surface area contributed by atoms with E-state index in [-0.39, 0.29) is 12.3 Å². The maximum absolute atomic E-state index is 11.6. The molecule has 116 valence electrons. The van der Waals surface area contributed by atoms with Crippen molar-refractivity contribution < 1.29 is 19.1 Å². The maximum atomic E-state index is 11.6. The molecule has 0 aromatic heterocycles. The molecular formula is C15H20BrNO4. The van der Waals surface area contributed by atoms with E-state index < -0.39 is 12.1 Å². The number of ether oxygens (including phenoxy) is 2. The average Bonchev–Trinajstić information content (AvgIpc) is 2.44. The molecule has 1 rings (SSSR count). The highest BCUT2D eigenvalue weighted by Gasteiger charge is 2.16. The second-order valence-corrected chi connectivity index (χ2v) is 5.35. The molecule has 5 nitrogen and oxygen atoms in total. The van der Waals surface area contributed by atoms with Crippen molar-refractivity contribution in [2.75, 3.05) is 13.2 Å². The molecule has 0 fully saturated rings. The maximum Gasteiger partial charge on any atom is 0.306 e. The molecular weight excluding hydrogens is 338 g/mol. The molecule has 0 spiro atoms. The first-order valence-corrected chi connectivity index (χ1v) is 7.67. The van der Waals surface area contributed by atoms with Crippen LogP contribution in [0.15, 0.2) is 28.7 Å². The van der Waals surface area contributed by atoms with Crippen LogP contribution in [0.2, 0.25) is 0 Å². The fourth-order valence-electron chi connectivity index (χ4n) is 1.59. The summed E-state index contributed by atoms with van der Waals surface area (Å²) in [5, 5.41) is 2.60. The van der Waals surface area contributed by atoms with Crippen molar-refractivity contribution in [2.24, 2.45) is 0 Å². The van der Waals surface area contributed by atoms with Gasteiger partial charge in [0.1, 0.15) is 5.75 Å². The van der Waals surface area contributed by atoms with E-state index in [1.807, 2.05) is 31.2 Å². The lowest BCUT2D eigenvalue weighted by Crippen LogP contribution is -2.35. The summed E-state index contributed by atoms with van der Waals surface area (Å²) in [6.45, 7) is 4.30. The first-order chi connectivity index (χ1) is 10.0. The summed E-state index contributed by atoms with van der Waals surface area (Å²) < 4.78 is 11.5. The van der Waals surface area contributed by atoms with Crippen LogP contribution in [0.1, 0.15) is 26.7 Å². The Hall–Kier alpha value is -1.56. The normalized spacial score (nSPS) is 11.6. The molecule has 6 heteroatoms. The summed E-state index contributed by atoms with van der Waals surface area (Å²) in [7, 11) is 0. The molecule has 0 unspecified atom stereocenters. The second kappa shape index (κ2) is 9.39. The zero-order valence-corrected chi connectivity index (χ0v) is 13.8. The molecule has 0 aliphatic carbocycles. The fraction of sp³-hybridized carbons (Fsp3) is 0.467. The van der Waals surface area contributed by atoms with Gasteiger partial charge in [-0.2, -0.15) is 0 Å². The number of rotatable bonds is 8.